The molecular formula is C22H23NO5. The van der Waals surface area contributed by atoms with E-state index < -0.39 is 29.9 Å². The fourth-order valence-electron chi connectivity index (χ4n) is 2.87. The van der Waals surface area contributed by atoms with Crippen LogP contribution in [0.4, 0.5) is 0 Å². The Morgan fingerprint density at radius 3 is 1.82 bits per heavy atom. The van der Waals surface area contributed by atoms with Crippen LogP contribution in [0.15, 0.2) is 66.7 Å². The van der Waals surface area contributed by atoms with E-state index in [2.05, 4.69) is 0 Å². The van der Waals surface area contributed by atoms with Crippen LogP contribution in [0.25, 0.3) is 6.08 Å². The van der Waals surface area contributed by atoms with Crippen molar-refractivity contribution in [3.63, 3.8) is 0 Å². The minimum Gasteiger partial charge on any atom is -0.467 e. The Morgan fingerprint density at radius 1 is 0.857 bits per heavy atom. The number of rotatable bonds is 7. The van der Waals surface area contributed by atoms with Crippen molar-refractivity contribution in [3.8, 4) is 0 Å². The predicted molar refractivity (Wildman–Crippen MR) is 105 cm³/mol. The summed E-state index contributed by atoms with van der Waals surface area (Å²) >= 11 is 0. The van der Waals surface area contributed by atoms with Crippen LogP contribution in [-0.2, 0) is 23.9 Å². The molecule has 0 bridgehead atoms. The number of hydrogen-bond donors (Lipinski definition) is 0. The molecule has 146 valence electrons. The van der Waals surface area contributed by atoms with E-state index in [0.717, 1.165) is 25.3 Å². The first-order chi connectivity index (χ1) is 13.5. The number of ether oxygens (including phenoxy) is 2. The molecule has 0 fully saturated rings. The van der Waals surface area contributed by atoms with Gasteiger partial charge in [-0.2, -0.15) is 0 Å². The number of carbonyl (C=O) groups is 3. The van der Waals surface area contributed by atoms with Crippen LogP contribution in [0.3, 0.4) is 0 Å². The highest BCUT2D eigenvalue weighted by atomic mass is 16.5. The van der Waals surface area contributed by atoms with Crippen LogP contribution in [0, 0.1) is 0 Å². The fourth-order valence-corrected chi connectivity index (χ4v) is 2.87. The molecule has 28 heavy (non-hydrogen) atoms. The van der Waals surface area contributed by atoms with E-state index in [1.165, 1.54) is 11.8 Å². The maximum Gasteiger partial charge on any atom is 0.340 e. The molecule has 0 N–H and O–H groups in total. The van der Waals surface area contributed by atoms with Gasteiger partial charge in [0.25, 0.3) is 0 Å². The second-order valence-electron chi connectivity index (χ2n) is 6.00. The standard InChI is InChI=1S/C22H23NO5/c1-16(24)23(20(21(25)27-2)22(26)28-3)19(18-12-8-5-9-13-18)15-14-17-10-6-4-7-11-17/h4-15,19-20H,1-3H3/b15-14+/t19-/m0/s1. The number of amides is 1. The van der Waals surface area contributed by atoms with E-state index in [0.29, 0.717) is 0 Å². The number of esters is 2. The number of carbonyl (C=O) groups excluding carboxylic acids is 3. The summed E-state index contributed by atoms with van der Waals surface area (Å²) < 4.78 is 9.52. The van der Waals surface area contributed by atoms with Crippen molar-refractivity contribution in [2.45, 2.75) is 19.0 Å². The van der Waals surface area contributed by atoms with Gasteiger partial charge in [0.1, 0.15) is 0 Å². The van der Waals surface area contributed by atoms with E-state index >= 15 is 0 Å². The molecule has 0 radical (unpaired) electrons. The third-order valence-electron chi connectivity index (χ3n) is 4.20. The molecule has 0 aliphatic carbocycles. The smallest absolute Gasteiger partial charge is 0.340 e. The van der Waals surface area contributed by atoms with Crippen molar-refractivity contribution in [1.82, 2.24) is 4.90 Å². The molecule has 0 unspecified atom stereocenters. The van der Waals surface area contributed by atoms with Crippen LogP contribution in [0.5, 0.6) is 0 Å². The highest BCUT2D eigenvalue weighted by Crippen LogP contribution is 2.27. The molecule has 0 aliphatic rings. The maximum absolute atomic E-state index is 12.5. The minimum atomic E-state index is -1.52. The molecule has 0 heterocycles. The SMILES string of the molecule is COC(=O)C(C(=O)OC)N(C(C)=O)[C@@H](/C=C/c1ccccc1)c1ccccc1. The molecule has 0 saturated carbocycles. The zero-order valence-corrected chi connectivity index (χ0v) is 16.1. The number of nitrogens with zero attached hydrogens (tertiary/aromatic N) is 1. The van der Waals surface area contributed by atoms with Crippen LogP contribution < -0.4 is 0 Å². The Hall–Kier alpha value is -3.41. The van der Waals surface area contributed by atoms with Crippen molar-refractivity contribution in [1.29, 1.82) is 0 Å². The molecule has 1 atom stereocenters. The Kier molecular flexibility index (Phi) is 7.51. The second-order valence-corrected chi connectivity index (χ2v) is 6.00. The molecule has 0 spiro atoms. The summed E-state index contributed by atoms with van der Waals surface area (Å²) in [5, 5.41) is 0. The third kappa shape index (κ3) is 5.07. The van der Waals surface area contributed by atoms with Gasteiger partial charge < -0.3 is 14.4 Å². The summed E-state index contributed by atoms with van der Waals surface area (Å²) in [4.78, 5) is 38.4. The topological polar surface area (TPSA) is 72.9 Å². The maximum atomic E-state index is 12.5. The van der Waals surface area contributed by atoms with E-state index in [-0.39, 0.29) is 0 Å². The molecule has 6 nitrogen and oxygen atoms in total. The van der Waals surface area contributed by atoms with Gasteiger partial charge in [0.05, 0.1) is 20.3 Å². The highest BCUT2D eigenvalue weighted by Gasteiger charge is 2.40. The second kappa shape index (κ2) is 10.1. The Labute approximate surface area is 164 Å². The summed E-state index contributed by atoms with van der Waals surface area (Å²) in [5.41, 5.74) is 1.65. The summed E-state index contributed by atoms with van der Waals surface area (Å²) in [6.45, 7) is 1.30. The van der Waals surface area contributed by atoms with Gasteiger partial charge in [0.2, 0.25) is 11.9 Å². The van der Waals surface area contributed by atoms with Gasteiger partial charge in [-0.05, 0) is 11.1 Å². The van der Waals surface area contributed by atoms with Crippen LogP contribution in [0.2, 0.25) is 0 Å². The van der Waals surface area contributed by atoms with E-state index in [9.17, 15) is 14.4 Å². The van der Waals surface area contributed by atoms with Gasteiger partial charge in [0.15, 0.2) is 0 Å². The van der Waals surface area contributed by atoms with E-state index in [4.69, 9.17) is 9.47 Å². The average molecular weight is 381 g/mol. The van der Waals surface area contributed by atoms with Crippen LogP contribution >= 0.6 is 0 Å². The van der Waals surface area contributed by atoms with E-state index in [1.807, 2.05) is 66.7 Å². The first-order valence-electron chi connectivity index (χ1n) is 8.72. The largest absolute Gasteiger partial charge is 0.467 e. The third-order valence-corrected chi connectivity index (χ3v) is 4.20. The monoisotopic (exact) mass is 381 g/mol. The fraction of sp³-hybridized carbons (Fsp3) is 0.227. The lowest BCUT2D eigenvalue weighted by molar-refractivity contribution is -0.166. The van der Waals surface area contributed by atoms with Crippen LogP contribution in [-0.4, -0.2) is 43.0 Å². The molecule has 2 aromatic rings. The van der Waals surface area contributed by atoms with Gasteiger partial charge in [-0.1, -0.05) is 72.8 Å². The summed E-state index contributed by atoms with van der Waals surface area (Å²) in [6, 6.07) is 16.4. The number of methoxy groups -OCH3 is 2. The molecule has 0 aromatic heterocycles. The lowest BCUT2D eigenvalue weighted by Crippen LogP contribution is -2.51. The van der Waals surface area contributed by atoms with Gasteiger partial charge in [-0.3, -0.25) is 4.79 Å². The van der Waals surface area contributed by atoms with Gasteiger partial charge in [-0.25, -0.2) is 9.59 Å². The first-order valence-corrected chi connectivity index (χ1v) is 8.72. The number of benzene rings is 2. The Balaban J connectivity index is 2.56. The normalized spacial score (nSPS) is 11.9. The van der Waals surface area contributed by atoms with Crippen molar-refractivity contribution in [2.24, 2.45) is 0 Å². The molecular weight excluding hydrogens is 358 g/mol. The summed E-state index contributed by atoms with van der Waals surface area (Å²) in [5.74, 6) is -2.19. The van der Waals surface area contributed by atoms with Gasteiger partial charge in [-0.15, -0.1) is 0 Å². The molecule has 6 heteroatoms. The molecule has 0 aliphatic heterocycles. The molecule has 2 aromatic carbocycles. The van der Waals surface area contributed by atoms with Crippen molar-refractivity contribution >= 4 is 23.9 Å². The Morgan fingerprint density at radius 2 is 1.36 bits per heavy atom. The van der Waals surface area contributed by atoms with E-state index in [1.54, 1.807) is 6.08 Å². The molecule has 1 amide bonds. The quantitative estimate of drug-likeness (QED) is 0.545. The molecule has 0 saturated heterocycles. The summed E-state index contributed by atoms with van der Waals surface area (Å²) in [7, 11) is 2.32. The highest BCUT2D eigenvalue weighted by molar-refractivity contribution is 6.02. The van der Waals surface area contributed by atoms with Crippen molar-refractivity contribution in [2.75, 3.05) is 14.2 Å². The zero-order valence-electron chi connectivity index (χ0n) is 16.1. The zero-order chi connectivity index (χ0) is 20.5. The minimum absolute atomic E-state index is 0.465. The van der Waals surface area contributed by atoms with Gasteiger partial charge >= 0.3 is 11.9 Å². The van der Waals surface area contributed by atoms with Crippen LogP contribution in [0.1, 0.15) is 24.1 Å². The lowest BCUT2D eigenvalue weighted by Gasteiger charge is -2.33. The van der Waals surface area contributed by atoms with Crippen molar-refractivity contribution < 1.29 is 23.9 Å². The van der Waals surface area contributed by atoms with Crippen molar-refractivity contribution in [3.05, 3.63) is 77.9 Å². The number of hydrogen-bond acceptors (Lipinski definition) is 5. The molecule has 2 rings (SSSR count). The first kappa shape index (κ1) is 20.9. The predicted octanol–water partition coefficient (Wildman–Crippen LogP) is 3.00. The van der Waals surface area contributed by atoms with Gasteiger partial charge in [0, 0.05) is 6.92 Å². The Bertz CT molecular complexity index is 817. The lowest BCUT2D eigenvalue weighted by atomic mass is 10.0. The average Bonchev–Trinajstić information content (AvgIpc) is 2.73. The summed E-state index contributed by atoms with van der Waals surface area (Å²) in [6.07, 6.45) is 3.60.